The highest BCUT2D eigenvalue weighted by Crippen LogP contribution is 2.28. The van der Waals surface area contributed by atoms with E-state index in [1.165, 1.54) is 77.0 Å². The molecule has 3 unspecified atom stereocenters. The Morgan fingerprint density at radius 3 is 2.00 bits per heavy atom. The first-order valence-electron chi connectivity index (χ1n) is 11.1. The number of nitrogens with zero attached hydrogens (tertiary/aromatic N) is 2. The van der Waals surface area contributed by atoms with E-state index in [0.717, 1.165) is 19.5 Å². The smallest absolute Gasteiger partial charge is 0.0853 e. The lowest BCUT2D eigenvalue weighted by atomic mass is 9.84. The molecule has 0 aromatic heterocycles. The molecule has 0 saturated carbocycles. The molecule has 1 heterocycles. The van der Waals surface area contributed by atoms with Gasteiger partial charge >= 0.3 is 0 Å². The zero-order valence-electron chi connectivity index (χ0n) is 17.3. The summed E-state index contributed by atoms with van der Waals surface area (Å²) in [6.07, 6.45) is 18.9. The van der Waals surface area contributed by atoms with E-state index in [9.17, 15) is 5.11 Å². The van der Waals surface area contributed by atoms with Gasteiger partial charge in [-0.1, -0.05) is 78.1 Å². The Bertz CT molecular complexity index is 330. The highest BCUT2D eigenvalue weighted by atomic mass is 16.3. The number of rotatable bonds is 16. The molecule has 1 rings (SSSR count). The maximum Gasteiger partial charge on any atom is 0.0853 e. The molecule has 0 aromatic carbocycles. The molecule has 0 aliphatic carbocycles. The van der Waals surface area contributed by atoms with Gasteiger partial charge in [-0.25, -0.2) is 0 Å². The van der Waals surface area contributed by atoms with Crippen LogP contribution in [0.5, 0.6) is 0 Å². The van der Waals surface area contributed by atoms with Crippen LogP contribution in [0.3, 0.4) is 0 Å². The second-order valence-electron chi connectivity index (χ2n) is 8.08. The second kappa shape index (κ2) is 14.6. The lowest BCUT2D eigenvalue weighted by molar-refractivity contribution is 0.114. The highest BCUT2D eigenvalue weighted by Gasteiger charge is 2.28. The van der Waals surface area contributed by atoms with Crippen LogP contribution < -0.4 is 0 Å². The summed E-state index contributed by atoms with van der Waals surface area (Å²) < 4.78 is 0. The summed E-state index contributed by atoms with van der Waals surface area (Å²) >= 11 is 0. The van der Waals surface area contributed by atoms with Gasteiger partial charge in [0.2, 0.25) is 0 Å². The van der Waals surface area contributed by atoms with Crippen molar-refractivity contribution in [2.45, 2.75) is 116 Å². The molecule has 1 N–H and O–H groups in total. The van der Waals surface area contributed by atoms with E-state index in [2.05, 4.69) is 23.7 Å². The van der Waals surface area contributed by atoms with Crippen LogP contribution >= 0.6 is 0 Å². The number of aliphatic hydroxyl groups is 1. The van der Waals surface area contributed by atoms with Gasteiger partial charge in [-0.05, 0) is 32.1 Å². The van der Waals surface area contributed by atoms with E-state index in [-0.39, 0.29) is 6.10 Å². The van der Waals surface area contributed by atoms with Crippen molar-refractivity contribution in [2.24, 2.45) is 10.9 Å². The monoisotopic (exact) mass is 352 g/mol. The van der Waals surface area contributed by atoms with Crippen LogP contribution in [0.15, 0.2) is 4.99 Å². The van der Waals surface area contributed by atoms with Gasteiger partial charge in [0.25, 0.3) is 0 Å². The Kier molecular flexibility index (Phi) is 13.1. The minimum absolute atomic E-state index is 0.221. The molecule has 0 bridgehead atoms. The maximum atomic E-state index is 10.0. The minimum atomic E-state index is -0.221. The standard InChI is InChI=1S/C22H44N2O/c1-4-6-8-10-11-13-15-21(14-12-9-7-5-2)22(18-20(3)25)24-17-16-23-19-24/h19-22,25H,4-18H2,1-3H3. The number of hydrogen-bond donors (Lipinski definition) is 1. The Balaban J connectivity index is 2.53. The summed E-state index contributed by atoms with van der Waals surface area (Å²) in [5.41, 5.74) is 0. The van der Waals surface area contributed by atoms with E-state index in [1.807, 2.05) is 13.3 Å². The highest BCUT2D eigenvalue weighted by molar-refractivity contribution is 5.57. The first-order chi connectivity index (χ1) is 12.2. The summed E-state index contributed by atoms with van der Waals surface area (Å²) in [4.78, 5) is 6.86. The predicted octanol–water partition coefficient (Wildman–Crippen LogP) is 5.81. The van der Waals surface area contributed by atoms with E-state index >= 15 is 0 Å². The molecule has 1 aliphatic rings. The first kappa shape index (κ1) is 22.5. The average Bonchev–Trinajstić information content (AvgIpc) is 3.12. The summed E-state index contributed by atoms with van der Waals surface area (Å²) in [6, 6.07) is 0.475. The summed E-state index contributed by atoms with van der Waals surface area (Å²) in [6.45, 7) is 8.48. The molecule has 1 aliphatic heterocycles. The van der Waals surface area contributed by atoms with Crippen molar-refractivity contribution in [2.75, 3.05) is 13.1 Å². The number of unbranched alkanes of at least 4 members (excludes halogenated alkanes) is 8. The third kappa shape index (κ3) is 10.2. The van der Waals surface area contributed by atoms with Gasteiger partial charge in [0.15, 0.2) is 0 Å². The molecular formula is C22H44N2O. The molecule has 3 heteroatoms. The average molecular weight is 353 g/mol. The van der Waals surface area contributed by atoms with Gasteiger partial charge in [-0.15, -0.1) is 0 Å². The fourth-order valence-electron chi connectivity index (χ4n) is 4.14. The van der Waals surface area contributed by atoms with Gasteiger partial charge in [0.05, 0.1) is 19.0 Å². The molecule has 148 valence electrons. The number of aliphatic hydroxyl groups excluding tert-OH is 1. The molecule has 0 fully saturated rings. The molecule has 3 atom stereocenters. The lowest BCUT2D eigenvalue weighted by Crippen LogP contribution is -2.41. The normalized spacial score (nSPS) is 17.8. The number of aliphatic imine (C=N–C) groups is 1. The number of hydrogen-bond acceptors (Lipinski definition) is 3. The predicted molar refractivity (Wildman–Crippen MR) is 110 cm³/mol. The van der Waals surface area contributed by atoms with Gasteiger partial charge < -0.3 is 10.0 Å². The zero-order valence-corrected chi connectivity index (χ0v) is 17.3. The van der Waals surface area contributed by atoms with Crippen LogP contribution in [0.2, 0.25) is 0 Å². The SMILES string of the molecule is CCCCCCCCC(CCCCCC)C(CC(C)O)N1C=NCC1. The Morgan fingerprint density at radius 1 is 0.920 bits per heavy atom. The molecule has 0 saturated heterocycles. The van der Waals surface area contributed by atoms with E-state index in [1.54, 1.807) is 0 Å². The van der Waals surface area contributed by atoms with E-state index < -0.39 is 0 Å². The third-order valence-corrected chi connectivity index (χ3v) is 5.63. The van der Waals surface area contributed by atoms with Crippen molar-refractivity contribution in [1.29, 1.82) is 0 Å². The lowest BCUT2D eigenvalue weighted by Gasteiger charge is -2.35. The zero-order chi connectivity index (χ0) is 18.3. The van der Waals surface area contributed by atoms with Crippen molar-refractivity contribution < 1.29 is 5.11 Å². The summed E-state index contributed by atoms with van der Waals surface area (Å²) in [5, 5.41) is 10.0. The fraction of sp³-hybridized carbons (Fsp3) is 0.955. The summed E-state index contributed by atoms with van der Waals surface area (Å²) in [7, 11) is 0. The van der Waals surface area contributed by atoms with Crippen LogP contribution in [0.25, 0.3) is 0 Å². The Morgan fingerprint density at radius 2 is 1.48 bits per heavy atom. The van der Waals surface area contributed by atoms with Gasteiger partial charge in [-0.2, -0.15) is 0 Å². The molecule has 0 aromatic rings. The molecule has 25 heavy (non-hydrogen) atoms. The molecule has 3 nitrogen and oxygen atoms in total. The van der Waals surface area contributed by atoms with Crippen molar-refractivity contribution >= 4 is 6.34 Å². The topological polar surface area (TPSA) is 35.8 Å². The molecule has 0 radical (unpaired) electrons. The largest absolute Gasteiger partial charge is 0.393 e. The van der Waals surface area contributed by atoms with Crippen LogP contribution in [0, 0.1) is 5.92 Å². The fourth-order valence-corrected chi connectivity index (χ4v) is 4.14. The van der Waals surface area contributed by atoms with Crippen molar-refractivity contribution in [3.05, 3.63) is 0 Å². The van der Waals surface area contributed by atoms with Gasteiger partial charge in [0.1, 0.15) is 0 Å². The van der Waals surface area contributed by atoms with E-state index in [0.29, 0.717) is 12.0 Å². The first-order valence-corrected chi connectivity index (χ1v) is 11.1. The maximum absolute atomic E-state index is 10.0. The Labute approximate surface area is 157 Å². The summed E-state index contributed by atoms with van der Waals surface area (Å²) in [5.74, 6) is 0.710. The molecule has 0 spiro atoms. The van der Waals surface area contributed by atoms with Gasteiger partial charge in [0, 0.05) is 12.6 Å². The van der Waals surface area contributed by atoms with E-state index in [4.69, 9.17) is 0 Å². The Hall–Kier alpha value is -0.570. The van der Waals surface area contributed by atoms with Crippen LogP contribution in [-0.4, -0.2) is 41.6 Å². The quantitative estimate of drug-likeness (QED) is 0.356. The minimum Gasteiger partial charge on any atom is -0.393 e. The van der Waals surface area contributed by atoms with Gasteiger partial charge in [-0.3, -0.25) is 4.99 Å². The third-order valence-electron chi connectivity index (χ3n) is 5.63. The van der Waals surface area contributed by atoms with Crippen LogP contribution in [0.1, 0.15) is 104 Å². The van der Waals surface area contributed by atoms with Crippen LogP contribution in [0.4, 0.5) is 0 Å². The van der Waals surface area contributed by atoms with Crippen LogP contribution in [-0.2, 0) is 0 Å². The molecule has 0 amide bonds. The second-order valence-corrected chi connectivity index (χ2v) is 8.08. The molecular weight excluding hydrogens is 308 g/mol. The van der Waals surface area contributed by atoms with Crippen molar-refractivity contribution in [1.82, 2.24) is 4.90 Å². The van der Waals surface area contributed by atoms with Crippen molar-refractivity contribution in [3.8, 4) is 0 Å². The van der Waals surface area contributed by atoms with Crippen molar-refractivity contribution in [3.63, 3.8) is 0 Å².